The zero-order chi connectivity index (χ0) is 13.1. The van der Waals surface area contributed by atoms with Crippen LogP contribution >= 0.6 is 0 Å². The summed E-state index contributed by atoms with van der Waals surface area (Å²) in [4.78, 5) is 0. The van der Waals surface area contributed by atoms with Crippen molar-refractivity contribution in [1.82, 2.24) is 5.32 Å². The van der Waals surface area contributed by atoms with Crippen LogP contribution in [-0.2, 0) is 6.61 Å². The molecule has 96 valence electrons. The lowest BCUT2D eigenvalue weighted by Crippen LogP contribution is -2.38. The van der Waals surface area contributed by atoms with Crippen LogP contribution in [0.15, 0.2) is 18.2 Å². The molecule has 0 aromatic heterocycles. The Morgan fingerprint density at radius 1 is 1.35 bits per heavy atom. The highest BCUT2D eigenvalue weighted by Gasteiger charge is 2.14. The second kappa shape index (κ2) is 5.58. The first-order valence-electron chi connectivity index (χ1n) is 5.66. The van der Waals surface area contributed by atoms with Gasteiger partial charge in [-0.2, -0.15) is 0 Å². The third-order valence-electron chi connectivity index (χ3n) is 2.45. The van der Waals surface area contributed by atoms with E-state index in [-0.39, 0.29) is 17.7 Å². The summed E-state index contributed by atoms with van der Waals surface area (Å²) in [6.07, 6.45) is -0.708. The van der Waals surface area contributed by atoms with Crippen LogP contribution in [0.1, 0.15) is 38.0 Å². The molecule has 0 bridgehead atoms. The smallest absolute Gasteiger partial charge is 0.128 e. The number of aliphatic hydroxyl groups is 2. The molecule has 3 N–H and O–H groups in total. The van der Waals surface area contributed by atoms with Crippen LogP contribution in [-0.4, -0.2) is 22.3 Å². The van der Waals surface area contributed by atoms with Gasteiger partial charge in [0.05, 0.1) is 12.7 Å². The molecule has 1 atom stereocenters. The molecule has 17 heavy (non-hydrogen) atoms. The van der Waals surface area contributed by atoms with Gasteiger partial charge in [-0.3, -0.25) is 0 Å². The Hall–Kier alpha value is -0.970. The van der Waals surface area contributed by atoms with E-state index in [9.17, 15) is 9.50 Å². The number of hydrogen-bond acceptors (Lipinski definition) is 3. The molecule has 0 aliphatic carbocycles. The van der Waals surface area contributed by atoms with Gasteiger partial charge in [-0.15, -0.1) is 0 Å². The van der Waals surface area contributed by atoms with Crippen LogP contribution in [0.25, 0.3) is 0 Å². The summed E-state index contributed by atoms with van der Waals surface area (Å²) in [6, 6.07) is 4.29. The molecule has 0 amide bonds. The first-order chi connectivity index (χ1) is 7.83. The number of hydrogen-bond donors (Lipinski definition) is 3. The molecule has 0 saturated heterocycles. The van der Waals surface area contributed by atoms with Crippen molar-refractivity contribution >= 4 is 0 Å². The normalized spacial score (nSPS) is 13.8. The van der Waals surface area contributed by atoms with Crippen molar-refractivity contribution in [2.45, 2.75) is 39.0 Å². The molecule has 1 aromatic rings. The van der Waals surface area contributed by atoms with Crippen molar-refractivity contribution in [3.63, 3.8) is 0 Å². The second-order valence-electron chi connectivity index (χ2n) is 5.16. The summed E-state index contributed by atoms with van der Waals surface area (Å²) in [5.41, 5.74) is 0.727. The number of benzene rings is 1. The zero-order valence-electron chi connectivity index (χ0n) is 10.5. The Morgan fingerprint density at radius 3 is 2.53 bits per heavy atom. The molecule has 0 saturated carbocycles. The number of aliphatic hydroxyl groups excluding tert-OH is 2. The number of β-amino-alcohol motifs (C(OH)–C–C–N with tert-alkyl or cyclic N) is 1. The van der Waals surface area contributed by atoms with Crippen LogP contribution in [0.2, 0.25) is 0 Å². The third kappa shape index (κ3) is 4.42. The first-order valence-corrected chi connectivity index (χ1v) is 5.66. The Kier molecular flexibility index (Phi) is 4.62. The van der Waals surface area contributed by atoms with E-state index in [2.05, 4.69) is 5.32 Å². The van der Waals surface area contributed by atoms with Gasteiger partial charge in [0.25, 0.3) is 0 Å². The molecule has 0 aliphatic rings. The van der Waals surface area contributed by atoms with E-state index in [4.69, 9.17) is 5.11 Å². The summed E-state index contributed by atoms with van der Waals surface area (Å²) in [6.45, 7) is 6.04. The van der Waals surface area contributed by atoms with Crippen LogP contribution < -0.4 is 5.32 Å². The Balaban J connectivity index is 2.72. The van der Waals surface area contributed by atoms with Crippen molar-refractivity contribution in [1.29, 1.82) is 0 Å². The Bertz CT molecular complexity index is 374. The summed E-state index contributed by atoms with van der Waals surface area (Å²) in [5, 5.41) is 22.0. The molecule has 1 unspecified atom stereocenters. The lowest BCUT2D eigenvalue weighted by atomic mass is 10.0. The first kappa shape index (κ1) is 14.1. The standard InChI is InChI=1S/C13H20FNO2/c1-13(2,3)15-7-12(17)9-4-5-11(14)10(6-9)8-16/h4-6,12,15-17H,7-8H2,1-3H3. The minimum atomic E-state index is -0.708. The van der Waals surface area contributed by atoms with Crippen molar-refractivity contribution in [2.24, 2.45) is 0 Å². The summed E-state index contributed by atoms with van der Waals surface area (Å²) in [7, 11) is 0. The molecular formula is C13H20FNO2. The largest absolute Gasteiger partial charge is 0.392 e. The van der Waals surface area contributed by atoms with Crippen LogP contribution in [0, 0.1) is 5.82 Å². The van der Waals surface area contributed by atoms with Gasteiger partial charge in [-0.1, -0.05) is 6.07 Å². The van der Waals surface area contributed by atoms with E-state index in [0.29, 0.717) is 12.1 Å². The number of halogens is 1. The van der Waals surface area contributed by atoms with Gasteiger partial charge in [0.1, 0.15) is 5.82 Å². The van der Waals surface area contributed by atoms with Gasteiger partial charge in [0.15, 0.2) is 0 Å². The molecule has 4 heteroatoms. The fourth-order valence-electron chi connectivity index (χ4n) is 1.44. The summed E-state index contributed by atoms with van der Waals surface area (Å²) >= 11 is 0. The Labute approximate surface area is 101 Å². The van der Waals surface area contributed by atoms with E-state index in [1.165, 1.54) is 18.2 Å². The minimum Gasteiger partial charge on any atom is -0.392 e. The molecule has 0 fully saturated rings. The van der Waals surface area contributed by atoms with E-state index < -0.39 is 11.9 Å². The summed E-state index contributed by atoms with van der Waals surface area (Å²) in [5.74, 6) is -0.452. The van der Waals surface area contributed by atoms with Crippen LogP contribution in [0.5, 0.6) is 0 Å². The molecule has 1 rings (SSSR count). The monoisotopic (exact) mass is 241 g/mol. The van der Waals surface area contributed by atoms with E-state index in [1.54, 1.807) is 0 Å². The van der Waals surface area contributed by atoms with Crippen molar-refractivity contribution in [2.75, 3.05) is 6.54 Å². The molecule has 0 radical (unpaired) electrons. The van der Waals surface area contributed by atoms with Gasteiger partial charge >= 0.3 is 0 Å². The van der Waals surface area contributed by atoms with Gasteiger partial charge < -0.3 is 15.5 Å². The second-order valence-corrected chi connectivity index (χ2v) is 5.16. The predicted molar refractivity (Wildman–Crippen MR) is 65.0 cm³/mol. The van der Waals surface area contributed by atoms with Gasteiger partial charge in [-0.25, -0.2) is 4.39 Å². The topological polar surface area (TPSA) is 52.5 Å². The van der Waals surface area contributed by atoms with Gasteiger partial charge in [0, 0.05) is 17.6 Å². The molecule has 0 heterocycles. The fourth-order valence-corrected chi connectivity index (χ4v) is 1.44. The predicted octanol–water partition coefficient (Wildman–Crippen LogP) is 1.74. The highest BCUT2D eigenvalue weighted by Crippen LogP contribution is 2.17. The van der Waals surface area contributed by atoms with Crippen molar-refractivity contribution in [3.05, 3.63) is 35.1 Å². The maximum Gasteiger partial charge on any atom is 0.128 e. The fraction of sp³-hybridized carbons (Fsp3) is 0.538. The SMILES string of the molecule is CC(C)(C)NCC(O)c1ccc(F)c(CO)c1. The van der Waals surface area contributed by atoms with E-state index in [1.807, 2.05) is 20.8 Å². The molecular weight excluding hydrogens is 221 g/mol. The number of rotatable bonds is 4. The van der Waals surface area contributed by atoms with Gasteiger partial charge in [0.2, 0.25) is 0 Å². The van der Waals surface area contributed by atoms with E-state index >= 15 is 0 Å². The molecule has 0 aliphatic heterocycles. The minimum absolute atomic E-state index is 0.0825. The highest BCUT2D eigenvalue weighted by atomic mass is 19.1. The molecule has 1 aromatic carbocycles. The van der Waals surface area contributed by atoms with Crippen LogP contribution in [0.3, 0.4) is 0 Å². The number of nitrogens with one attached hydrogen (secondary N) is 1. The van der Waals surface area contributed by atoms with Crippen LogP contribution in [0.4, 0.5) is 4.39 Å². The lowest BCUT2D eigenvalue weighted by molar-refractivity contribution is 0.163. The van der Waals surface area contributed by atoms with E-state index in [0.717, 1.165) is 0 Å². The van der Waals surface area contributed by atoms with Gasteiger partial charge in [-0.05, 0) is 38.5 Å². The average molecular weight is 241 g/mol. The zero-order valence-corrected chi connectivity index (χ0v) is 10.5. The average Bonchev–Trinajstić information content (AvgIpc) is 2.25. The third-order valence-corrected chi connectivity index (χ3v) is 2.45. The van der Waals surface area contributed by atoms with Crippen molar-refractivity contribution < 1.29 is 14.6 Å². The molecule has 3 nitrogen and oxygen atoms in total. The lowest BCUT2D eigenvalue weighted by Gasteiger charge is -2.23. The highest BCUT2D eigenvalue weighted by molar-refractivity contribution is 5.26. The Morgan fingerprint density at radius 2 is 2.00 bits per heavy atom. The van der Waals surface area contributed by atoms with Crippen molar-refractivity contribution in [3.8, 4) is 0 Å². The summed E-state index contributed by atoms with van der Waals surface area (Å²) < 4.78 is 13.2. The quantitative estimate of drug-likeness (QED) is 0.752. The maximum atomic E-state index is 13.2. The maximum absolute atomic E-state index is 13.2. The molecule has 0 spiro atoms.